The maximum atomic E-state index is 13.3. The fraction of sp³-hybridized carbons (Fsp3) is 0.533. The number of carboxylic acids is 1. The molecule has 0 saturated carbocycles. The van der Waals surface area contributed by atoms with Gasteiger partial charge < -0.3 is 14.7 Å². The number of likely N-dealkylation sites (tertiary alicyclic amines) is 1. The minimum Gasteiger partial charge on any atom is -0.490 e. The zero-order valence-corrected chi connectivity index (χ0v) is 14.7. The van der Waals surface area contributed by atoms with E-state index < -0.39 is 33.5 Å². The number of aliphatic carboxylic acids is 1. The van der Waals surface area contributed by atoms with Gasteiger partial charge in [-0.15, -0.1) is 0 Å². The Bertz CT molecular complexity index is 759. The first kappa shape index (κ1) is 20.3. The van der Waals surface area contributed by atoms with Crippen LogP contribution in [-0.4, -0.2) is 56.4 Å². The lowest BCUT2D eigenvalue weighted by Crippen LogP contribution is -2.36. The molecular formula is C15H19F3N2O5S. The molecular weight excluding hydrogens is 377 g/mol. The van der Waals surface area contributed by atoms with Crippen molar-refractivity contribution in [1.29, 1.82) is 0 Å². The quantitative estimate of drug-likeness (QED) is 0.764. The van der Waals surface area contributed by atoms with E-state index in [4.69, 9.17) is 9.84 Å². The molecule has 146 valence electrons. The van der Waals surface area contributed by atoms with Gasteiger partial charge in [-0.2, -0.15) is 13.2 Å². The van der Waals surface area contributed by atoms with E-state index >= 15 is 0 Å². The summed E-state index contributed by atoms with van der Waals surface area (Å²) >= 11 is 0. The fourth-order valence-corrected chi connectivity index (χ4v) is 3.46. The molecule has 0 spiro atoms. The van der Waals surface area contributed by atoms with Gasteiger partial charge in [0.25, 0.3) is 0 Å². The van der Waals surface area contributed by atoms with Crippen molar-refractivity contribution in [2.45, 2.75) is 25.1 Å². The monoisotopic (exact) mass is 396 g/mol. The summed E-state index contributed by atoms with van der Waals surface area (Å²) in [4.78, 5) is 12.6. The SMILES string of the molecule is CN1CCC(Oc2ccc(NS(=O)(=O)CC(=O)O)cc2C(F)(F)F)CC1. The first-order chi connectivity index (χ1) is 12.0. The summed E-state index contributed by atoms with van der Waals surface area (Å²) in [7, 11) is -2.39. The van der Waals surface area contributed by atoms with E-state index in [1.54, 1.807) is 0 Å². The van der Waals surface area contributed by atoms with Crippen molar-refractivity contribution >= 4 is 21.7 Å². The van der Waals surface area contributed by atoms with E-state index in [1.165, 1.54) is 0 Å². The van der Waals surface area contributed by atoms with Gasteiger partial charge in [-0.1, -0.05) is 0 Å². The molecule has 1 aliphatic rings. The van der Waals surface area contributed by atoms with Gasteiger partial charge in [0, 0.05) is 18.8 Å². The number of carbonyl (C=O) groups is 1. The molecule has 0 bridgehead atoms. The Morgan fingerprint density at radius 1 is 1.35 bits per heavy atom. The minimum atomic E-state index is -4.75. The van der Waals surface area contributed by atoms with Crippen LogP contribution in [-0.2, 0) is 21.0 Å². The average molecular weight is 396 g/mol. The molecule has 11 heteroatoms. The van der Waals surface area contributed by atoms with E-state index in [0.717, 1.165) is 12.1 Å². The second kappa shape index (κ2) is 7.70. The highest BCUT2D eigenvalue weighted by molar-refractivity contribution is 7.93. The highest BCUT2D eigenvalue weighted by atomic mass is 32.2. The van der Waals surface area contributed by atoms with Crippen LogP contribution in [0.25, 0.3) is 0 Å². The largest absolute Gasteiger partial charge is 0.490 e. The number of carboxylic acid groups (broad SMARTS) is 1. The molecule has 1 aromatic carbocycles. The number of nitrogens with one attached hydrogen (secondary N) is 1. The summed E-state index contributed by atoms with van der Waals surface area (Å²) in [6.07, 6.45) is -3.95. The van der Waals surface area contributed by atoms with Crippen LogP contribution in [0.3, 0.4) is 0 Å². The third-order valence-electron chi connectivity index (χ3n) is 3.83. The molecule has 1 heterocycles. The standard InChI is InChI=1S/C15H19F3N2O5S/c1-20-6-4-11(5-7-20)25-13-3-2-10(8-12(13)15(16,17)18)19-26(23,24)9-14(21)22/h2-3,8,11,19H,4-7,9H2,1H3,(H,21,22). The van der Waals surface area contributed by atoms with Crippen LogP contribution in [0.4, 0.5) is 18.9 Å². The van der Waals surface area contributed by atoms with Gasteiger partial charge in [0.1, 0.15) is 11.9 Å². The molecule has 0 amide bonds. The summed E-state index contributed by atoms with van der Waals surface area (Å²) in [5.41, 5.74) is -1.50. The number of rotatable bonds is 6. The van der Waals surface area contributed by atoms with Crippen molar-refractivity contribution in [2.24, 2.45) is 0 Å². The van der Waals surface area contributed by atoms with E-state index in [0.29, 0.717) is 32.0 Å². The maximum Gasteiger partial charge on any atom is 0.420 e. The second-order valence-electron chi connectivity index (χ2n) is 6.08. The molecule has 7 nitrogen and oxygen atoms in total. The highest BCUT2D eigenvalue weighted by Crippen LogP contribution is 2.39. The highest BCUT2D eigenvalue weighted by Gasteiger charge is 2.36. The third kappa shape index (κ3) is 5.77. The summed E-state index contributed by atoms with van der Waals surface area (Å²) in [5, 5.41) is 8.53. The summed E-state index contributed by atoms with van der Waals surface area (Å²) in [6, 6.07) is 2.75. The van der Waals surface area contributed by atoms with Crippen molar-refractivity contribution < 1.29 is 36.2 Å². The Hall–Kier alpha value is -2.01. The zero-order chi connectivity index (χ0) is 19.5. The lowest BCUT2D eigenvalue weighted by molar-refractivity contribution is -0.139. The minimum absolute atomic E-state index is 0.359. The molecule has 0 atom stereocenters. The van der Waals surface area contributed by atoms with E-state index in [2.05, 4.69) is 0 Å². The maximum absolute atomic E-state index is 13.3. The number of ether oxygens (including phenoxy) is 1. The van der Waals surface area contributed by atoms with E-state index in [1.807, 2.05) is 16.7 Å². The number of sulfonamides is 1. The van der Waals surface area contributed by atoms with Gasteiger partial charge in [-0.05, 0) is 38.1 Å². The molecule has 1 saturated heterocycles. The molecule has 0 unspecified atom stereocenters. The number of nitrogens with zero attached hydrogens (tertiary/aromatic N) is 1. The number of hydrogen-bond donors (Lipinski definition) is 2. The number of hydrogen-bond acceptors (Lipinski definition) is 5. The van der Waals surface area contributed by atoms with Crippen LogP contribution >= 0.6 is 0 Å². The topological polar surface area (TPSA) is 95.9 Å². The molecule has 2 rings (SSSR count). The van der Waals surface area contributed by atoms with Crippen LogP contribution in [0.1, 0.15) is 18.4 Å². The van der Waals surface area contributed by atoms with Crippen molar-refractivity contribution in [1.82, 2.24) is 4.90 Å². The Morgan fingerprint density at radius 3 is 2.50 bits per heavy atom. The van der Waals surface area contributed by atoms with Crippen molar-refractivity contribution in [2.75, 3.05) is 30.6 Å². The van der Waals surface area contributed by atoms with Gasteiger partial charge in [0.2, 0.25) is 10.0 Å². The second-order valence-corrected chi connectivity index (χ2v) is 7.81. The lowest BCUT2D eigenvalue weighted by atomic mass is 10.1. The van der Waals surface area contributed by atoms with Gasteiger partial charge in [0.15, 0.2) is 5.75 Å². The predicted octanol–water partition coefficient (Wildman–Crippen LogP) is 2.00. The molecule has 1 aliphatic heterocycles. The van der Waals surface area contributed by atoms with Crippen LogP contribution in [0.15, 0.2) is 18.2 Å². The van der Waals surface area contributed by atoms with Crippen molar-refractivity contribution in [3.05, 3.63) is 23.8 Å². The van der Waals surface area contributed by atoms with Gasteiger partial charge >= 0.3 is 12.1 Å². The van der Waals surface area contributed by atoms with E-state index in [-0.39, 0.29) is 17.5 Å². The van der Waals surface area contributed by atoms with Crippen molar-refractivity contribution in [3.8, 4) is 5.75 Å². The molecule has 0 radical (unpaired) electrons. The smallest absolute Gasteiger partial charge is 0.420 e. The third-order valence-corrected chi connectivity index (χ3v) is 5.00. The molecule has 0 aromatic heterocycles. The van der Waals surface area contributed by atoms with Gasteiger partial charge in [0.05, 0.1) is 5.56 Å². The zero-order valence-electron chi connectivity index (χ0n) is 13.9. The predicted molar refractivity (Wildman–Crippen MR) is 87.6 cm³/mol. The number of benzene rings is 1. The number of anilines is 1. The summed E-state index contributed by atoms with van der Waals surface area (Å²) < 4.78 is 70.5. The van der Waals surface area contributed by atoms with Crippen LogP contribution in [0.5, 0.6) is 5.75 Å². The normalized spacial score (nSPS) is 17.1. The molecule has 26 heavy (non-hydrogen) atoms. The Balaban J connectivity index is 2.23. The number of halogens is 3. The first-order valence-electron chi connectivity index (χ1n) is 7.75. The Labute approximate surface area is 148 Å². The van der Waals surface area contributed by atoms with Crippen LogP contribution in [0, 0.1) is 0 Å². The molecule has 1 fully saturated rings. The van der Waals surface area contributed by atoms with Gasteiger partial charge in [-0.25, -0.2) is 8.42 Å². The summed E-state index contributed by atoms with van der Waals surface area (Å²) in [6.45, 7) is 1.41. The fourth-order valence-electron chi connectivity index (χ4n) is 2.58. The molecule has 0 aliphatic carbocycles. The summed E-state index contributed by atoms with van der Waals surface area (Å²) in [5.74, 6) is -3.24. The molecule has 2 N–H and O–H groups in total. The Kier molecular flexibility index (Phi) is 6.02. The van der Waals surface area contributed by atoms with Crippen molar-refractivity contribution in [3.63, 3.8) is 0 Å². The number of alkyl halides is 3. The Morgan fingerprint density at radius 2 is 1.96 bits per heavy atom. The van der Waals surface area contributed by atoms with E-state index in [9.17, 15) is 26.4 Å². The van der Waals surface area contributed by atoms with Crippen LogP contribution < -0.4 is 9.46 Å². The number of piperidine rings is 1. The van der Waals surface area contributed by atoms with Gasteiger partial charge in [-0.3, -0.25) is 9.52 Å². The molecule has 1 aromatic rings. The lowest BCUT2D eigenvalue weighted by Gasteiger charge is -2.30. The first-order valence-corrected chi connectivity index (χ1v) is 9.40. The van der Waals surface area contributed by atoms with Crippen LogP contribution in [0.2, 0.25) is 0 Å². The average Bonchev–Trinajstić information content (AvgIpc) is 2.48.